The van der Waals surface area contributed by atoms with Crippen molar-refractivity contribution < 1.29 is 4.52 Å². The van der Waals surface area contributed by atoms with Gasteiger partial charge in [0.05, 0.1) is 6.54 Å². The van der Waals surface area contributed by atoms with Crippen molar-refractivity contribution in [3.63, 3.8) is 0 Å². The molecule has 2 aromatic rings. The second-order valence-electron chi connectivity index (χ2n) is 6.02. The molecule has 3 heterocycles. The van der Waals surface area contributed by atoms with E-state index in [4.69, 9.17) is 4.52 Å². The van der Waals surface area contributed by atoms with Crippen molar-refractivity contribution in [3.05, 3.63) is 29.8 Å². The predicted molar refractivity (Wildman–Crippen MR) is 73.8 cm³/mol. The van der Waals surface area contributed by atoms with Crippen LogP contribution in [-0.2, 0) is 6.54 Å². The van der Waals surface area contributed by atoms with E-state index < -0.39 is 0 Å². The van der Waals surface area contributed by atoms with Crippen LogP contribution in [0.1, 0.15) is 24.3 Å². The zero-order valence-corrected chi connectivity index (χ0v) is 11.6. The van der Waals surface area contributed by atoms with Crippen LogP contribution in [0.5, 0.6) is 0 Å². The van der Waals surface area contributed by atoms with Gasteiger partial charge in [-0.1, -0.05) is 5.16 Å². The molecular weight excluding hydrogens is 252 g/mol. The smallest absolute Gasteiger partial charge is 0.241 e. The number of hydrogen-bond donors (Lipinski definition) is 0. The first-order valence-corrected chi connectivity index (χ1v) is 7.26. The summed E-state index contributed by atoms with van der Waals surface area (Å²) in [5.74, 6) is 3.11. The molecule has 1 saturated heterocycles. The number of hydrogen-bond acceptors (Lipinski definition) is 5. The summed E-state index contributed by atoms with van der Waals surface area (Å²) in [5, 5.41) is 4.05. The van der Waals surface area contributed by atoms with Gasteiger partial charge in [-0.25, -0.2) is 0 Å². The zero-order chi connectivity index (χ0) is 13.5. The molecule has 1 aliphatic carbocycles. The van der Waals surface area contributed by atoms with Crippen LogP contribution < -0.4 is 0 Å². The summed E-state index contributed by atoms with van der Waals surface area (Å²) in [6.45, 7) is 5.17. The first-order valence-electron chi connectivity index (χ1n) is 7.26. The molecule has 2 aliphatic rings. The summed E-state index contributed by atoms with van der Waals surface area (Å²) in [4.78, 5) is 11.2. The van der Waals surface area contributed by atoms with Gasteiger partial charge in [0, 0.05) is 19.3 Å². The zero-order valence-electron chi connectivity index (χ0n) is 11.6. The van der Waals surface area contributed by atoms with E-state index in [1.54, 1.807) is 6.20 Å². The van der Waals surface area contributed by atoms with Crippen molar-refractivity contribution in [2.24, 2.45) is 11.8 Å². The van der Waals surface area contributed by atoms with Crippen LogP contribution in [0.2, 0.25) is 0 Å². The highest BCUT2D eigenvalue weighted by molar-refractivity contribution is 5.48. The number of rotatable bonds is 3. The molecule has 0 spiro atoms. The van der Waals surface area contributed by atoms with Gasteiger partial charge >= 0.3 is 0 Å². The molecule has 0 radical (unpaired) electrons. The Morgan fingerprint density at radius 2 is 2.10 bits per heavy atom. The SMILES string of the molecule is Cc1ccnc(-c2noc(CN3C[C@H]4CC[C@H]4C3)n2)c1. The Labute approximate surface area is 118 Å². The lowest BCUT2D eigenvalue weighted by Gasteiger charge is -2.28. The molecule has 5 heteroatoms. The van der Waals surface area contributed by atoms with Crippen LogP contribution in [0.3, 0.4) is 0 Å². The molecule has 104 valence electrons. The van der Waals surface area contributed by atoms with Gasteiger partial charge in [-0.3, -0.25) is 9.88 Å². The van der Waals surface area contributed by atoms with Crippen molar-refractivity contribution in [2.45, 2.75) is 26.3 Å². The third kappa shape index (κ3) is 2.12. The van der Waals surface area contributed by atoms with E-state index in [2.05, 4.69) is 20.0 Å². The summed E-state index contributed by atoms with van der Waals surface area (Å²) in [6, 6.07) is 3.94. The third-order valence-electron chi connectivity index (χ3n) is 4.53. The quantitative estimate of drug-likeness (QED) is 0.856. The molecule has 0 bridgehead atoms. The van der Waals surface area contributed by atoms with Crippen molar-refractivity contribution in [1.29, 1.82) is 0 Å². The maximum Gasteiger partial charge on any atom is 0.241 e. The predicted octanol–water partition coefficient (Wildman–Crippen LogP) is 2.28. The maximum atomic E-state index is 5.37. The van der Waals surface area contributed by atoms with Gasteiger partial charge in [0.1, 0.15) is 5.69 Å². The molecule has 2 fully saturated rings. The van der Waals surface area contributed by atoms with E-state index >= 15 is 0 Å². The van der Waals surface area contributed by atoms with Crippen LogP contribution in [0.25, 0.3) is 11.5 Å². The van der Waals surface area contributed by atoms with E-state index in [0.29, 0.717) is 11.7 Å². The summed E-state index contributed by atoms with van der Waals surface area (Å²) in [6.07, 6.45) is 4.56. The highest BCUT2D eigenvalue weighted by Gasteiger charge is 2.39. The van der Waals surface area contributed by atoms with Gasteiger partial charge < -0.3 is 4.52 Å². The van der Waals surface area contributed by atoms with E-state index in [9.17, 15) is 0 Å². The lowest BCUT2D eigenvalue weighted by atomic mass is 9.77. The first-order chi connectivity index (χ1) is 9.78. The van der Waals surface area contributed by atoms with Gasteiger partial charge in [-0.05, 0) is 49.3 Å². The molecule has 5 nitrogen and oxygen atoms in total. The van der Waals surface area contributed by atoms with E-state index in [0.717, 1.165) is 29.6 Å². The molecule has 0 N–H and O–H groups in total. The van der Waals surface area contributed by atoms with Crippen LogP contribution in [0.4, 0.5) is 0 Å². The van der Waals surface area contributed by atoms with Gasteiger partial charge in [0.25, 0.3) is 0 Å². The Bertz CT molecular complexity index is 612. The molecular formula is C15H18N4O. The minimum Gasteiger partial charge on any atom is -0.337 e. The summed E-state index contributed by atoms with van der Waals surface area (Å²) < 4.78 is 5.37. The van der Waals surface area contributed by atoms with E-state index in [1.807, 2.05) is 19.1 Å². The summed E-state index contributed by atoms with van der Waals surface area (Å²) >= 11 is 0. The molecule has 0 amide bonds. The summed E-state index contributed by atoms with van der Waals surface area (Å²) in [5.41, 5.74) is 1.93. The third-order valence-corrected chi connectivity index (χ3v) is 4.53. The van der Waals surface area contributed by atoms with Gasteiger partial charge in [0.15, 0.2) is 0 Å². The molecule has 2 atom stereocenters. The number of aromatic nitrogens is 3. The fraction of sp³-hybridized carbons (Fsp3) is 0.533. The lowest BCUT2D eigenvalue weighted by Crippen LogP contribution is -2.22. The number of pyridine rings is 1. The van der Waals surface area contributed by atoms with Crippen molar-refractivity contribution in [3.8, 4) is 11.5 Å². The van der Waals surface area contributed by atoms with Crippen LogP contribution in [-0.4, -0.2) is 33.1 Å². The monoisotopic (exact) mass is 270 g/mol. The fourth-order valence-corrected chi connectivity index (χ4v) is 3.26. The molecule has 20 heavy (non-hydrogen) atoms. The molecule has 2 aromatic heterocycles. The Morgan fingerprint density at radius 1 is 1.30 bits per heavy atom. The Kier molecular flexibility index (Phi) is 2.80. The van der Waals surface area contributed by atoms with Crippen molar-refractivity contribution >= 4 is 0 Å². The number of likely N-dealkylation sites (tertiary alicyclic amines) is 1. The molecule has 1 saturated carbocycles. The molecule has 1 aliphatic heterocycles. The van der Waals surface area contributed by atoms with E-state index in [-0.39, 0.29) is 0 Å². The van der Waals surface area contributed by atoms with Gasteiger partial charge in [-0.15, -0.1) is 0 Å². The van der Waals surface area contributed by atoms with Crippen molar-refractivity contribution in [1.82, 2.24) is 20.0 Å². The van der Waals surface area contributed by atoms with Crippen molar-refractivity contribution in [2.75, 3.05) is 13.1 Å². The molecule has 4 rings (SSSR count). The second-order valence-corrected chi connectivity index (χ2v) is 6.02. The molecule has 0 aromatic carbocycles. The standard InChI is InChI=1S/C15H18N4O/c1-10-4-5-16-13(6-10)15-17-14(20-18-15)9-19-7-11-2-3-12(11)8-19/h4-6,11-12H,2-3,7-9H2,1H3/t11-,12+. The minimum atomic E-state index is 0.589. The number of fused-ring (bicyclic) bond motifs is 1. The average Bonchev–Trinajstić information content (AvgIpc) is 2.98. The van der Waals surface area contributed by atoms with E-state index in [1.165, 1.54) is 25.9 Å². The molecule has 0 unspecified atom stereocenters. The Morgan fingerprint density at radius 3 is 2.80 bits per heavy atom. The lowest BCUT2D eigenvalue weighted by molar-refractivity contribution is 0.243. The average molecular weight is 270 g/mol. The normalized spacial score (nSPS) is 25.4. The number of nitrogens with zero attached hydrogens (tertiary/aromatic N) is 4. The van der Waals surface area contributed by atoms with Crippen LogP contribution in [0.15, 0.2) is 22.9 Å². The van der Waals surface area contributed by atoms with Crippen LogP contribution in [0, 0.1) is 18.8 Å². The highest BCUT2D eigenvalue weighted by Crippen LogP contribution is 2.40. The second kappa shape index (κ2) is 4.66. The highest BCUT2D eigenvalue weighted by atomic mass is 16.5. The van der Waals surface area contributed by atoms with Crippen LogP contribution >= 0.6 is 0 Å². The Balaban J connectivity index is 1.48. The van der Waals surface area contributed by atoms with Gasteiger partial charge in [-0.2, -0.15) is 4.98 Å². The van der Waals surface area contributed by atoms with Gasteiger partial charge in [0.2, 0.25) is 11.7 Å². The minimum absolute atomic E-state index is 0.589. The number of aryl methyl sites for hydroxylation is 1. The largest absolute Gasteiger partial charge is 0.337 e. The maximum absolute atomic E-state index is 5.37. The topological polar surface area (TPSA) is 55.1 Å². The summed E-state index contributed by atoms with van der Waals surface area (Å²) in [7, 11) is 0. The fourth-order valence-electron chi connectivity index (χ4n) is 3.26. The Hall–Kier alpha value is -1.75. The first kappa shape index (κ1) is 12.0.